The van der Waals surface area contributed by atoms with E-state index >= 15 is 0 Å². The molecule has 2 aliphatic carbocycles. The maximum absolute atomic E-state index is 12.8. The minimum Gasteiger partial charge on any atom is -0.378 e. The number of halogens is 1. The molecule has 0 radical (unpaired) electrons. The molecule has 1 heterocycles. The number of aliphatic imine (C=N–C) groups is 1. The van der Waals surface area contributed by atoms with Crippen molar-refractivity contribution in [3.8, 4) is 0 Å². The third-order valence-corrected chi connectivity index (χ3v) is 6.60. The number of fused-ring (bicyclic) bond motifs is 5. The average molecular weight is 551 g/mol. The van der Waals surface area contributed by atoms with Gasteiger partial charge in [0.15, 0.2) is 5.96 Å². The van der Waals surface area contributed by atoms with E-state index in [4.69, 9.17) is 0 Å². The zero-order valence-electron chi connectivity index (χ0n) is 19.1. The van der Waals surface area contributed by atoms with E-state index < -0.39 is 0 Å². The molecule has 4 unspecified atom stereocenters. The number of hydrogen-bond donors (Lipinski definition) is 2. The first-order chi connectivity index (χ1) is 15.0. The molecule has 0 spiro atoms. The van der Waals surface area contributed by atoms with Gasteiger partial charge in [-0.2, -0.15) is 0 Å². The molecule has 7 nitrogen and oxygen atoms in total. The van der Waals surface area contributed by atoms with Crippen LogP contribution in [0.1, 0.15) is 25.3 Å². The van der Waals surface area contributed by atoms with Crippen LogP contribution in [-0.2, 0) is 16.1 Å². The number of carbonyl (C=O) groups is 2. The van der Waals surface area contributed by atoms with E-state index in [2.05, 4.69) is 50.9 Å². The van der Waals surface area contributed by atoms with Crippen LogP contribution in [0.25, 0.3) is 0 Å². The molecule has 1 aromatic carbocycles. The number of benzene rings is 1. The lowest BCUT2D eigenvalue weighted by molar-refractivity contribution is -0.140. The number of hydrogen-bond acceptors (Lipinski definition) is 4. The largest absolute Gasteiger partial charge is 0.378 e. The van der Waals surface area contributed by atoms with Crippen molar-refractivity contribution in [1.82, 2.24) is 15.5 Å². The Bertz CT molecular complexity index is 870. The number of allylic oxidation sites excluding steroid dienone is 2. The number of imide groups is 1. The molecular formula is C24H34IN5O2. The molecule has 4 atom stereocenters. The molecule has 1 aliphatic heterocycles. The van der Waals surface area contributed by atoms with E-state index in [9.17, 15) is 9.59 Å². The quantitative estimate of drug-likeness (QED) is 0.130. The first kappa shape index (κ1) is 24.5. The van der Waals surface area contributed by atoms with Crippen LogP contribution in [-0.4, -0.2) is 56.4 Å². The number of guanidine groups is 1. The van der Waals surface area contributed by atoms with Crippen LogP contribution in [0.3, 0.4) is 0 Å². The van der Waals surface area contributed by atoms with Crippen molar-refractivity contribution in [2.24, 2.45) is 28.7 Å². The van der Waals surface area contributed by atoms with Crippen LogP contribution < -0.4 is 15.5 Å². The predicted octanol–water partition coefficient (Wildman–Crippen LogP) is 2.62. The highest BCUT2D eigenvalue weighted by Crippen LogP contribution is 2.52. The third-order valence-electron chi connectivity index (χ3n) is 6.60. The van der Waals surface area contributed by atoms with Gasteiger partial charge in [0, 0.05) is 39.4 Å². The summed E-state index contributed by atoms with van der Waals surface area (Å²) in [4.78, 5) is 33.8. The number of carbonyl (C=O) groups excluding carboxylic acids is 2. The Morgan fingerprint density at radius 3 is 2.44 bits per heavy atom. The molecule has 1 aromatic rings. The Morgan fingerprint density at radius 1 is 1.12 bits per heavy atom. The minimum absolute atomic E-state index is 0. The zero-order chi connectivity index (χ0) is 22.0. The van der Waals surface area contributed by atoms with Crippen molar-refractivity contribution in [2.75, 3.05) is 38.6 Å². The molecule has 1 saturated carbocycles. The molecule has 174 valence electrons. The molecule has 1 saturated heterocycles. The summed E-state index contributed by atoms with van der Waals surface area (Å²) in [5.74, 6) is 1.15. The minimum atomic E-state index is -0.104. The molecule has 3 aliphatic rings. The number of nitrogens with zero attached hydrogens (tertiary/aromatic N) is 3. The standard InChI is InChI=1S/C24H33N5O2.HI/c1-4-25-24(27-15-16-7-5-8-19(13-16)28(2)3)26-11-6-12-29-22(30)20-17-9-10-18(14-17)21(20)23(29)31;/h5,7-10,13,17-18,20-21H,4,6,11-12,14-15H2,1-3H3,(H2,25,26,27);1H. The molecule has 2 bridgehead atoms. The number of likely N-dealkylation sites (tertiary alicyclic amines) is 1. The van der Waals surface area contributed by atoms with Gasteiger partial charge in [0.2, 0.25) is 11.8 Å². The summed E-state index contributed by atoms with van der Waals surface area (Å²) >= 11 is 0. The van der Waals surface area contributed by atoms with Crippen LogP contribution in [0.2, 0.25) is 0 Å². The second-order valence-corrected chi connectivity index (χ2v) is 8.87. The molecule has 2 amide bonds. The first-order valence-corrected chi connectivity index (χ1v) is 11.3. The average Bonchev–Trinajstić information content (AvgIpc) is 3.44. The monoisotopic (exact) mass is 551 g/mol. The lowest BCUT2D eigenvalue weighted by atomic mass is 9.85. The van der Waals surface area contributed by atoms with E-state index in [0.29, 0.717) is 26.1 Å². The lowest BCUT2D eigenvalue weighted by Crippen LogP contribution is -2.40. The summed E-state index contributed by atoms with van der Waals surface area (Å²) in [6.07, 6.45) is 5.95. The fourth-order valence-corrected chi connectivity index (χ4v) is 5.07. The Balaban J connectivity index is 0.00000289. The van der Waals surface area contributed by atoms with Gasteiger partial charge in [-0.15, -0.1) is 24.0 Å². The van der Waals surface area contributed by atoms with Crippen molar-refractivity contribution < 1.29 is 9.59 Å². The van der Waals surface area contributed by atoms with Gasteiger partial charge < -0.3 is 15.5 Å². The Labute approximate surface area is 207 Å². The summed E-state index contributed by atoms with van der Waals surface area (Å²) in [6, 6.07) is 8.33. The van der Waals surface area contributed by atoms with Gasteiger partial charge in [-0.3, -0.25) is 14.5 Å². The van der Waals surface area contributed by atoms with Crippen LogP contribution in [0, 0.1) is 23.7 Å². The SMILES string of the molecule is CCNC(=NCc1cccc(N(C)C)c1)NCCCN1C(=O)C2C3C=CC(C3)C2C1=O.I. The fourth-order valence-electron chi connectivity index (χ4n) is 5.07. The summed E-state index contributed by atoms with van der Waals surface area (Å²) in [7, 11) is 4.05. The highest BCUT2D eigenvalue weighted by atomic mass is 127. The first-order valence-electron chi connectivity index (χ1n) is 11.3. The van der Waals surface area contributed by atoms with E-state index in [1.165, 1.54) is 4.90 Å². The van der Waals surface area contributed by atoms with E-state index in [-0.39, 0.29) is 59.5 Å². The molecule has 4 rings (SSSR count). The van der Waals surface area contributed by atoms with E-state index in [0.717, 1.165) is 30.2 Å². The molecule has 0 aromatic heterocycles. The number of amides is 2. The number of nitrogens with one attached hydrogen (secondary N) is 2. The third kappa shape index (κ3) is 4.94. The molecule has 2 fully saturated rings. The lowest BCUT2D eigenvalue weighted by Gasteiger charge is -2.18. The predicted molar refractivity (Wildman–Crippen MR) is 138 cm³/mol. The van der Waals surface area contributed by atoms with Gasteiger partial charge in [0.1, 0.15) is 0 Å². The summed E-state index contributed by atoms with van der Waals surface area (Å²) < 4.78 is 0. The van der Waals surface area contributed by atoms with Crippen LogP contribution in [0.4, 0.5) is 5.69 Å². The second-order valence-electron chi connectivity index (χ2n) is 8.87. The van der Waals surface area contributed by atoms with Crippen molar-refractivity contribution in [2.45, 2.75) is 26.3 Å². The topological polar surface area (TPSA) is 77.0 Å². The van der Waals surface area contributed by atoms with E-state index in [1.807, 2.05) is 27.1 Å². The highest BCUT2D eigenvalue weighted by Gasteiger charge is 2.58. The Hall–Kier alpha value is -2.10. The van der Waals surface area contributed by atoms with Crippen molar-refractivity contribution in [3.63, 3.8) is 0 Å². The number of rotatable bonds is 8. The number of anilines is 1. The van der Waals surface area contributed by atoms with Crippen LogP contribution >= 0.6 is 24.0 Å². The molecule has 8 heteroatoms. The maximum Gasteiger partial charge on any atom is 0.233 e. The fraction of sp³-hybridized carbons (Fsp3) is 0.542. The Morgan fingerprint density at radius 2 is 1.81 bits per heavy atom. The summed E-state index contributed by atoms with van der Waals surface area (Å²) in [5.41, 5.74) is 2.30. The van der Waals surface area contributed by atoms with Gasteiger partial charge in [0.05, 0.1) is 18.4 Å². The smallest absolute Gasteiger partial charge is 0.233 e. The van der Waals surface area contributed by atoms with Gasteiger partial charge in [0.25, 0.3) is 0 Å². The normalized spacial score (nSPS) is 25.7. The van der Waals surface area contributed by atoms with Crippen LogP contribution in [0.5, 0.6) is 0 Å². The summed E-state index contributed by atoms with van der Waals surface area (Å²) in [5, 5.41) is 6.59. The van der Waals surface area contributed by atoms with Crippen molar-refractivity contribution >= 4 is 47.4 Å². The maximum atomic E-state index is 12.8. The van der Waals surface area contributed by atoms with Gasteiger partial charge >= 0.3 is 0 Å². The van der Waals surface area contributed by atoms with Crippen molar-refractivity contribution in [3.05, 3.63) is 42.0 Å². The van der Waals surface area contributed by atoms with Gasteiger partial charge in [-0.25, -0.2) is 4.99 Å². The van der Waals surface area contributed by atoms with Crippen LogP contribution in [0.15, 0.2) is 41.4 Å². The van der Waals surface area contributed by atoms with E-state index in [1.54, 1.807) is 0 Å². The highest BCUT2D eigenvalue weighted by molar-refractivity contribution is 14.0. The van der Waals surface area contributed by atoms with Gasteiger partial charge in [-0.05, 0) is 49.3 Å². The molecule has 32 heavy (non-hydrogen) atoms. The van der Waals surface area contributed by atoms with Gasteiger partial charge in [-0.1, -0.05) is 24.3 Å². The second kappa shape index (κ2) is 10.7. The molecule has 2 N–H and O–H groups in total. The molecular weight excluding hydrogens is 517 g/mol. The summed E-state index contributed by atoms with van der Waals surface area (Å²) in [6.45, 7) is 4.51. The Kier molecular flexibility index (Phi) is 8.19. The van der Waals surface area contributed by atoms with Crippen molar-refractivity contribution in [1.29, 1.82) is 0 Å². The zero-order valence-corrected chi connectivity index (χ0v) is 21.4.